The Morgan fingerprint density at radius 1 is 1.27 bits per heavy atom. The lowest BCUT2D eigenvalue weighted by Gasteiger charge is -2.17. The Morgan fingerprint density at radius 2 is 1.87 bits per heavy atom. The molecule has 1 N–H and O–H groups in total. The average molecular weight is 227 g/mol. The number of anilines is 1. The molecule has 0 spiro atoms. The van der Waals surface area contributed by atoms with E-state index in [0.717, 1.165) is 23.8 Å². The molecule has 1 aromatic carbocycles. The smallest absolute Gasteiger partial charge is 0.0407 e. The molecule has 0 heterocycles. The van der Waals surface area contributed by atoms with Gasteiger partial charge >= 0.3 is 0 Å². The first-order valence-electron chi connectivity index (χ1n) is 5.22. The predicted molar refractivity (Wildman–Crippen MR) is 67.7 cm³/mol. The van der Waals surface area contributed by atoms with Crippen molar-refractivity contribution in [2.45, 2.75) is 6.92 Å². The Bertz CT molecular complexity index is 282. The van der Waals surface area contributed by atoms with Crippen molar-refractivity contribution in [3.05, 3.63) is 29.3 Å². The lowest BCUT2D eigenvalue weighted by molar-refractivity contribution is 0.348. The van der Waals surface area contributed by atoms with Gasteiger partial charge in [0.2, 0.25) is 0 Å². The van der Waals surface area contributed by atoms with Gasteiger partial charge < -0.3 is 10.2 Å². The van der Waals surface area contributed by atoms with Crippen LogP contribution in [0.5, 0.6) is 0 Å². The highest BCUT2D eigenvalue weighted by Gasteiger charge is 2.02. The first kappa shape index (κ1) is 12.3. The lowest BCUT2D eigenvalue weighted by atomic mass is 10.1. The molecule has 1 atom stereocenters. The second-order valence-corrected chi connectivity index (χ2v) is 4.69. The van der Waals surface area contributed by atoms with E-state index < -0.39 is 0 Å². The van der Waals surface area contributed by atoms with Crippen LogP contribution in [0.3, 0.4) is 0 Å². The molecule has 2 nitrogen and oxygen atoms in total. The van der Waals surface area contributed by atoms with Crippen LogP contribution in [0, 0.1) is 5.92 Å². The maximum atomic E-state index is 5.81. The molecule has 1 rings (SSSR count). The number of nitrogens with one attached hydrogen (secondary N) is 1. The van der Waals surface area contributed by atoms with Crippen LogP contribution in [0.1, 0.15) is 6.92 Å². The third-order valence-electron chi connectivity index (χ3n) is 2.18. The Hall–Kier alpha value is -0.730. The molecule has 15 heavy (non-hydrogen) atoms. The summed E-state index contributed by atoms with van der Waals surface area (Å²) in [5.41, 5.74) is 1.13. The standard InChI is InChI=1S/C12H19ClN2/c1-10(9-15(2)3)8-14-12-6-4-11(13)5-7-12/h4-7,10,14H,8-9H2,1-3H3. The van der Waals surface area contributed by atoms with Gasteiger partial charge in [-0.2, -0.15) is 0 Å². The van der Waals surface area contributed by atoms with E-state index in [1.165, 1.54) is 0 Å². The highest BCUT2D eigenvalue weighted by Crippen LogP contribution is 2.13. The SMILES string of the molecule is CC(CNc1ccc(Cl)cc1)CN(C)C. The number of hydrogen-bond donors (Lipinski definition) is 1. The zero-order chi connectivity index (χ0) is 11.3. The quantitative estimate of drug-likeness (QED) is 0.831. The molecular formula is C12H19ClN2. The summed E-state index contributed by atoms with van der Waals surface area (Å²) in [4.78, 5) is 2.20. The number of halogens is 1. The van der Waals surface area contributed by atoms with Crippen molar-refractivity contribution >= 4 is 17.3 Å². The Labute approximate surface area is 97.2 Å². The van der Waals surface area contributed by atoms with Gasteiger partial charge in [-0.3, -0.25) is 0 Å². The highest BCUT2D eigenvalue weighted by molar-refractivity contribution is 6.30. The van der Waals surface area contributed by atoms with Gasteiger partial charge in [-0.25, -0.2) is 0 Å². The Balaban J connectivity index is 2.33. The van der Waals surface area contributed by atoms with E-state index in [2.05, 4.69) is 31.2 Å². The number of rotatable bonds is 5. The summed E-state index contributed by atoms with van der Waals surface area (Å²) in [6.45, 7) is 4.32. The molecule has 0 saturated carbocycles. The molecule has 1 aromatic rings. The summed E-state index contributed by atoms with van der Waals surface area (Å²) < 4.78 is 0. The van der Waals surface area contributed by atoms with Crippen molar-refractivity contribution < 1.29 is 0 Å². The maximum Gasteiger partial charge on any atom is 0.0407 e. The summed E-state index contributed by atoms with van der Waals surface area (Å²) in [6.07, 6.45) is 0. The van der Waals surface area contributed by atoms with Crippen LogP contribution in [0.25, 0.3) is 0 Å². The van der Waals surface area contributed by atoms with Gasteiger partial charge in [0, 0.05) is 23.8 Å². The van der Waals surface area contributed by atoms with Gasteiger partial charge in [-0.1, -0.05) is 18.5 Å². The van der Waals surface area contributed by atoms with Crippen LogP contribution in [-0.4, -0.2) is 32.1 Å². The van der Waals surface area contributed by atoms with Gasteiger partial charge in [0.25, 0.3) is 0 Å². The largest absolute Gasteiger partial charge is 0.385 e. The van der Waals surface area contributed by atoms with E-state index in [-0.39, 0.29) is 0 Å². The predicted octanol–water partition coefficient (Wildman–Crippen LogP) is 2.95. The lowest BCUT2D eigenvalue weighted by Crippen LogP contribution is -2.24. The molecule has 0 aliphatic rings. The minimum absolute atomic E-state index is 0.635. The van der Waals surface area contributed by atoms with Gasteiger partial charge in [-0.15, -0.1) is 0 Å². The summed E-state index contributed by atoms with van der Waals surface area (Å²) in [7, 11) is 4.19. The summed E-state index contributed by atoms with van der Waals surface area (Å²) >= 11 is 5.81. The minimum Gasteiger partial charge on any atom is -0.385 e. The van der Waals surface area contributed by atoms with Crippen molar-refractivity contribution in [1.82, 2.24) is 4.90 Å². The molecule has 0 bridgehead atoms. The van der Waals surface area contributed by atoms with Crippen molar-refractivity contribution in [1.29, 1.82) is 0 Å². The first-order chi connectivity index (χ1) is 7.08. The van der Waals surface area contributed by atoms with Crippen LogP contribution in [0.4, 0.5) is 5.69 Å². The third-order valence-corrected chi connectivity index (χ3v) is 2.43. The van der Waals surface area contributed by atoms with Crippen molar-refractivity contribution in [3.8, 4) is 0 Å². The van der Waals surface area contributed by atoms with E-state index in [1.807, 2.05) is 24.3 Å². The molecule has 3 heteroatoms. The van der Waals surface area contributed by atoms with E-state index in [1.54, 1.807) is 0 Å². The molecule has 0 radical (unpaired) electrons. The molecule has 0 aliphatic heterocycles. The summed E-state index contributed by atoms with van der Waals surface area (Å²) in [5.74, 6) is 0.635. The zero-order valence-corrected chi connectivity index (χ0v) is 10.4. The molecule has 84 valence electrons. The summed E-state index contributed by atoms with van der Waals surface area (Å²) in [6, 6.07) is 7.82. The zero-order valence-electron chi connectivity index (χ0n) is 9.63. The van der Waals surface area contributed by atoms with Crippen LogP contribution in [-0.2, 0) is 0 Å². The van der Waals surface area contributed by atoms with Crippen LogP contribution < -0.4 is 5.32 Å². The van der Waals surface area contributed by atoms with Crippen molar-refractivity contribution in [2.75, 3.05) is 32.5 Å². The van der Waals surface area contributed by atoms with E-state index in [0.29, 0.717) is 5.92 Å². The second kappa shape index (κ2) is 5.99. The topological polar surface area (TPSA) is 15.3 Å². The molecule has 1 unspecified atom stereocenters. The maximum absolute atomic E-state index is 5.81. The molecule has 0 amide bonds. The molecule has 0 fully saturated rings. The third kappa shape index (κ3) is 5.05. The van der Waals surface area contributed by atoms with Crippen molar-refractivity contribution in [2.24, 2.45) is 5.92 Å². The van der Waals surface area contributed by atoms with Crippen LogP contribution >= 0.6 is 11.6 Å². The Kier molecular flexibility index (Phi) is 4.92. The fourth-order valence-corrected chi connectivity index (χ4v) is 1.67. The van der Waals surface area contributed by atoms with Gasteiger partial charge in [0.15, 0.2) is 0 Å². The number of hydrogen-bond acceptors (Lipinski definition) is 2. The molecule has 0 saturated heterocycles. The molecule has 0 aromatic heterocycles. The van der Waals surface area contributed by atoms with Gasteiger partial charge in [-0.05, 0) is 44.3 Å². The van der Waals surface area contributed by atoms with Crippen LogP contribution in [0.2, 0.25) is 5.02 Å². The van der Waals surface area contributed by atoms with Gasteiger partial charge in [0.05, 0.1) is 0 Å². The summed E-state index contributed by atoms with van der Waals surface area (Å²) in [5, 5.41) is 4.17. The molecule has 0 aliphatic carbocycles. The Morgan fingerprint density at radius 3 is 2.40 bits per heavy atom. The fourth-order valence-electron chi connectivity index (χ4n) is 1.55. The first-order valence-corrected chi connectivity index (χ1v) is 5.60. The second-order valence-electron chi connectivity index (χ2n) is 4.26. The van der Waals surface area contributed by atoms with E-state index in [9.17, 15) is 0 Å². The number of benzene rings is 1. The van der Waals surface area contributed by atoms with Crippen LogP contribution in [0.15, 0.2) is 24.3 Å². The normalized spacial score (nSPS) is 12.9. The minimum atomic E-state index is 0.635. The van der Waals surface area contributed by atoms with Gasteiger partial charge in [0.1, 0.15) is 0 Å². The van der Waals surface area contributed by atoms with E-state index in [4.69, 9.17) is 11.6 Å². The highest BCUT2D eigenvalue weighted by atomic mass is 35.5. The fraction of sp³-hybridized carbons (Fsp3) is 0.500. The van der Waals surface area contributed by atoms with Crippen molar-refractivity contribution in [3.63, 3.8) is 0 Å². The average Bonchev–Trinajstić information content (AvgIpc) is 2.16. The van der Waals surface area contributed by atoms with E-state index >= 15 is 0 Å². The molecular weight excluding hydrogens is 208 g/mol. The number of nitrogens with zero attached hydrogens (tertiary/aromatic N) is 1. The monoisotopic (exact) mass is 226 g/mol.